The molecule has 0 bridgehead atoms. The third-order valence-electron chi connectivity index (χ3n) is 2.64. The predicted molar refractivity (Wildman–Crippen MR) is 73.3 cm³/mol. The van der Waals surface area contributed by atoms with Crippen LogP contribution in [0.5, 0.6) is 0 Å². The maximum Gasteiger partial charge on any atom is 0.372 e. The van der Waals surface area contributed by atoms with E-state index in [1.807, 2.05) is 73.3 Å². The molecule has 0 amide bonds. The summed E-state index contributed by atoms with van der Waals surface area (Å²) in [6, 6.07) is 14.0. The fourth-order valence-corrected chi connectivity index (χ4v) is 1.87. The quantitative estimate of drug-likeness (QED) is 0.621. The van der Waals surface area contributed by atoms with Crippen molar-refractivity contribution in [1.29, 1.82) is 0 Å². The Balaban J connectivity index is 2.14. The first-order chi connectivity index (χ1) is 9.15. The van der Waals surface area contributed by atoms with Crippen molar-refractivity contribution in [1.82, 2.24) is 0 Å². The summed E-state index contributed by atoms with van der Waals surface area (Å²) in [5, 5.41) is 0. The van der Waals surface area contributed by atoms with Crippen LogP contribution < -0.4 is 4.57 Å². The Morgan fingerprint density at radius 3 is 2.47 bits per heavy atom. The molecule has 3 heteroatoms. The Bertz CT molecular complexity index is 550. The molecule has 0 fully saturated rings. The fraction of sp³-hybridized carbons (Fsp3) is 0.250. The number of aromatic nitrogens is 1. The summed E-state index contributed by atoms with van der Waals surface area (Å²) in [7, 11) is 0. The van der Waals surface area contributed by atoms with Crippen LogP contribution in [0, 0.1) is 0 Å². The molecule has 1 aromatic heterocycles. The molecular formula is C16H18NO2+. The first-order valence-electron chi connectivity index (χ1n) is 6.39. The van der Waals surface area contributed by atoms with Crippen molar-refractivity contribution in [3.05, 3.63) is 54.9 Å². The van der Waals surface area contributed by atoms with Crippen molar-refractivity contribution in [2.45, 2.75) is 26.5 Å². The minimum atomic E-state index is -0.217. The van der Waals surface area contributed by atoms with Crippen LogP contribution >= 0.6 is 0 Å². The van der Waals surface area contributed by atoms with Gasteiger partial charge in [0.25, 0.3) is 0 Å². The molecule has 0 aliphatic carbocycles. The molecule has 1 heterocycles. The van der Waals surface area contributed by atoms with E-state index >= 15 is 0 Å². The standard InChI is InChI=1S/C16H18NO2/c1-13(2)19-16(18)12-17-10-6-9-15(11-17)14-7-4-3-5-8-14/h3-11,13H,12H2,1-2H3/q+1. The van der Waals surface area contributed by atoms with Crippen molar-refractivity contribution < 1.29 is 14.1 Å². The number of pyridine rings is 1. The number of hydrogen-bond donors (Lipinski definition) is 0. The zero-order valence-electron chi connectivity index (χ0n) is 11.2. The number of hydrogen-bond acceptors (Lipinski definition) is 2. The van der Waals surface area contributed by atoms with Gasteiger partial charge in [-0.05, 0) is 25.5 Å². The smallest absolute Gasteiger partial charge is 0.372 e. The van der Waals surface area contributed by atoms with E-state index in [1.165, 1.54) is 0 Å². The molecule has 0 saturated carbocycles. The lowest BCUT2D eigenvalue weighted by Gasteiger charge is -2.06. The van der Waals surface area contributed by atoms with Crippen LogP contribution in [0.1, 0.15) is 13.8 Å². The summed E-state index contributed by atoms with van der Waals surface area (Å²) in [5.74, 6) is -0.217. The third-order valence-corrected chi connectivity index (χ3v) is 2.64. The van der Waals surface area contributed by atoms with Gasteiger partial charge in [0.15, 0.2) is 12.4 Å². The SMILES string of the molecule is CC(C)OC(=O)C[n+]1cccc(-c2ccccc2)c1. The van der Waals surface area contributed by atoms with Crippen LogP contribution in [0.2, 0.25) is 0 Å². The zero-order valence-corrected chi connectivity index (χ0v) is 11.2. The molecule has 1 aromatic carbocycles. The van der Waals surface area contributed by atoms with Crippen molar-refractivity contribution in [3.8, 4) is 11.1 Å². The number of carbonyl (C=O) groups excluding carboxylic acids is 1. The molecule has 0 spiro atoms. The summed E-state index contributed by atoms with van der Waals surface area (Å²) < 4.78 is 6.98. The van der Waals surface area contributed by atoms with Gasteiger partial charge in [-0.1, -0.05) is 30.3 Å². The van der Waals surface area contributed by atoms with E-state index in [9.17, 15) is 4.79 Å². The van der Waals surface area contributed by atoms with E-state index < -0.39 is 0 Å². The van der Waals surface area contributed by atoms with Crippen molar-refractivity contribution in [3.63, 3.8) is 0 Å². The van der Waals surface area contributed by atoms with E-state index in [2.05, 4.69) is 0 Å². The van der Waals surface area contributed by atoms with Crippen LogP contribution in [0.15, 0.2) is 54.9 Å². The summed E-state index contributed by atoms with van der Waals surface area (Å²) in [6.45, 7) is 3.94. The van der Waals surface area contributed by atoms with E-state index in [-0.39, 0.29) is 18.6 Å². The van der Waals surface area contributed by atoms with Gasteiger partial charge in [-0.3, -0.25) is 0 Å². The highest BCUT2D eigenvalue weighted by atomic mass is 16.5. The van der Waals surface area contributed by atoms with Gasteiger partial charge in [0.1, 0.15) is 0 Å². The zero-order chi connectivity index (χ0) is 13.7. The van der Waals surface area contributed by atoms with Gasteiger partial charge in [0.2, 0.25) is 6.54 Å². The lowest BCUT2D eigenvalue weighted by atomic mass is 10.1. The van der Waals surface area contributed by atoms with Gasteiger partial charge in [-0.2, -0.15) is 4.57 Å². The second-order valence-corrected chi connectivity index (χ2v) is 4.67. The molecule has 3 nitrogen and oxygen atoms in total. The van der Waals surface area contributed by atoms with Crippen molar-refractivity contribution in [2.75, 3.05) is 0 Å². The van der Waals surface area contributed by atoms with Crippen LogP contribution in [-0.2, 0) is 16.1 Å². The van der Waals surface area contributed by atoms with Gasteiger partial charge in [0, 0.05) is 11.6 Å². The summed E-state index contributed by atoms with van der Waals surface area (Å²) >= 11 is 0. The highest BCUT2D eigenvalue weighted by Crippen LogP contribution is 2.15. The highest BCUT2D eigenvalue weighted by molar-refractivity contribution is 5.68. The van der Waals surface area contributed by atoms with E-state index in [1.54, 1.807) is 0 Å². The third kappa shape index (κ3) is 3.91. The molecule has 2 aromatic rings. The Kier molecular flexibility index (Phi) is 4.29. The van der Waals surface area contributed by atoms with E-state index in [0.29, 0.717) is 0 Å². The van der Waals surface area contributed by atoms with Crippen LogP contribution in [0.3, 0.4) is 0 Å². The Morgan fingerprint density at radius 2 is 1.79 bits per heavy atom. The topological polar surface area (TPSA) is 30.2 Å². The van der Waals surface area contributed by atoms with Gasteiger partial charge >= 0.3 is 5.97 Å². The molecular weight excluding hydrogens is 238 g/mol. The molecule has 0 aliphatic heterocycles. The Morgan fingerprint density at radius 1 is 1.11 bits per heavy atom. The minimum Gasteiger partial charge on any atom is -0.458 e. The largest absolute Gasteiger partial charge is 0.458 e. The molecule has 0 unspecified atom stereocenters. The average molecular weight is 256 g/mol. The van der Waals surface area contributed by atoms with Crippen molar-refractivity contribution in [2.24, 2.45) is 0 Å². The fourth-order valence-electron chi connectivity index (χ4n) is 1.87. The second kappa shape index (κ2) is 6.14. The molecule has 0 aliphatic rings. The Hall–Kier alpha value is -2.16. The maximum atomic E-state index is 11.6. The van der Waals surface area contributed by atoms with Crippen LogP contribution in [-0.4, -0.2) is 12.1 Å². The monoisotopic (exact) mass is 256 g/mol. The van der Waals surface area contributed by atoms with E-state index in [4.69, 9.17) is 4.74 Å². The molecule has 0 N–H and O–H groups in total. The number of ether oxygens (including phenoxy) is 1. The summed E-state index contributed by atoms with van der Waals surface area (Å²) in [4.78, 5) is 11.6. The van der Waals surface area contributed by atoms with Gasteiger partial charge in [0.05, 0.1) is 6.10 Å². The minimum absolute atomic E-state index is 0.0783. The predicted octanol–water partition coefficient (Wildman–Crippen LogP) is 2.59. The molecule has 19 heavy (non-hydrogen) atoms. The first-order valence-corrected chi connectivity index (χ1v) is 6.39. The number of benzene rings is 1. The second-order valence-electron chi connectivity index (χ2n) is 4.67. The van der Waals surface area contributed by atoms with Gasteiger partial charge in [-0.25, -0.2) is 4.79 Å². The lowest BCUT2D eigenvalue weighted by Crippen LogP contribution is -2.38. The summed E-state index contributed by atoms with van der Waals surface area (Å²) in [5.41, 5.74) is 2.22. The lowest BCUT2D eigenvalue weighted by molar-refractivity contribution is -0.685. The maximum absolute atomic E-state index is 11.6. The van der Waals surface area contributed by atoms with Crippen LogP contribution in [0.25, 0.3) is 11.1 Å². The van der Waals surface area contributed by atoms with Gasteiger partial charge in [-0.15, -0.1) is 0 Å². The molecule has 0 saturated heterocycles. The number of rotatable bonds is 4. The normalized spacial score (nSPS) is 10.5. The highest BCUT2D eigenvalue weighted by Gasteiger charge is 2.13. The van der Waals surface area contributed by atoms with Crippen LogP contribution in [0.4, 0.5) is 0 Å². The number of esters is 1. The summed E-state index contributed by atoms with van der Waals surface area (Å²) in [6.07, 6.45) is 3.75. The van der Waals surface area contributed by atoms with Gasteiger partial charge < -0.3 is 4.74 Å². The van der Waals surface area contributed by atoms with Crippen molar-refractivity contribution >= 4 is 5.97 Å². The molecule has 2 rings (SSSR count). The number of carbonyl (C=O) groups is 1. The molecule has 98 valence electrons. The first kappa shape index (κ1) is 13.3. The number of nitrogens with zero attached hydrogens (tertiary/aromatic N) is 1. The molecule has 0 atom stereocenters. The average Bonchev–Trinajstić information content (AvgIpc) is 2.39. The van der Waals surface area contributed by atoms with E-state index in [0.717, 1.165) is 11.1 Å². The molecule has 0 radical (unpaired) electrons. The Labute approximate surface area is 113 Å².